The van der Waals surface area contributed by atoms with Crippen molar-refractivity contribution in [2.75, 3.05) is 50.9 Å². The van der Waals surface area contributed by atoms with Gasteiger partial charge >= 0.3 is 6.18 Å². The predicted octanol–water partition coefficient (Wildman–Crippen LogP) is 3.74. The Kier molecular flexibility index (Phi) is 8.00. The van der Waals surface area contributed by atoms with E-state index in [4.69, 9.17) is 15.6 Å². The molecular weight excluding hydrogens is 435 g/mol. The van der Waals surface area contributed by atoms with E-state index in [-0.39, 0.29) is 41.6 Å². The average molecular weight is 464 g/mol. The number of rotatable bonds is 8. The van der Waals surface area contributed by atoms with E-state index in [1.54, 1.807) is 7.05 Å². The second-order valence-electron chi connectivity index (χ2n) is 8.03. The summed E-state index contributed by atoms with van der Waals surface area (Å²) < 4.78 is 46.9. The molecule has 0 atom stereocenters. The van der Waals surface area contributed by atoms with Gasteiger partial charge in [-0.25, -0.2) is 4.98 Å². The van der Waals surface area contributed by atoms with Gasteiger partial charge < -0.3 is 25.8 Å². The predicted molar refractivity (Wildman–Crippen MR) is 120 cm³/mol. The first-order valence-electron chi connectivity index (χ1n) is 10.8. The highest BCUT2D eigenvalue weighted by Gasteiger charge is 2.35. The van der Waals surface area contributed by atoms with E-state index in [1.807, 2.05) is 6.07 Å². The van der Waals surface area contributed by atoms with E-state index in [0.29, 0.717) is 24.6 Å². The van der Waals surface area contributed by atoms with Gasteiger partial charge in [0.25, 0.3) is 0 Å². The third kappa shape index (κ3) is 6.06. The maximum absolute atomic E-state index is 13.8. The fraction of sp³-hybridized carbons (Fsp3) is 0.478. The summed E-state index contributed by atoms with van der Waals surface area (Å²) in [5.41, 5.74) is 5.87. The smallest absolute Gasteiger partial charge is 0.419 e. The summed E-state index contributed by atoms with van der Waals surface area (Å²) in [6.45, 7) is 2.72. The van der Waals surface area contributed by atoms with Crippen LogP contribution >= 0.6 is 0 Å². The zero-order chi connectivity index (χ0) is 24.0. The van der Waals surface area contributed by atoms with Crippen molar-refractivity contribution in [2.45, 2.75) is 25.4 Å². The molecule has 4 N–H and O–H groups in total. The van der Waals surface area contributed by atoms with Crippen molar-refractivity contribution in [2.24, 2.45) is 5.92 Å². The number of hydrogen-bond donors (Lipinski definition) is 3. The van der Waals surface area contributed by atoms with Crippen LogP contribution in [0.5, 0.6) is 5.75 Å². The standard InChI is InChI=1S/C23H28F3N5O2/c1-29-19-13-18(30-20(14-27)22(19)28)16-2-3-21(17(12-16)23(24,25)26)33-11-6-15-4-7-31(8-5-15)9-10-32/h2-3,12-13,15,32H,4-11,28H2,1H3,(H,29,30). The Morgan fingerprint density at radius 2 is 2.03 bits per heavy atom. The molecular formula is C23H28F3N5O2. The molecule has 1 aliphatic rings. The number of alkyl halides is 3. The van der Waals surface area contributed by atoms with Crippen molar-refractivity contribution in [1.29, 1.82) is 5.26 Å². The van der Waals surface area contributed by atoms with E-state index in [9.17, 15) is 18.4 Å². The number of aliphatic hydroxyl groups is 1. The van der Waals surface area contributed by atoms with E-state index in [0.717, 1.165) is 32.0 Å². The Morgan fingerprint density at radius 3 is 2.64 bits per heavy atom. The van der Waals surface area contributed by atoms with E-state index >= 15 is 0 Å². The van der Waals surface area contributed by atoms with Crippen LogP contribution in [0, 0.1) is 17.2 Å². The van der Waals surface area contributed by atoms with Gasteiger partial charge in [-0.3, -0.25) is 0 Å². The lowest BCUT2D eigenvalue weighted by atomic mass is 9.94. The van der Waals surface area contributed by atoms with Crippen LogP contribution in [0.3, 0.4) is 0 Å². The lowest BCUT2D eigenvalue weighted by Gasteiger charge is -2.31. The normalized spacial score (nSPS) is 15.3. The Bertz CT molecular complexity index is 999. The largest absolute Gasteiger partial charge is 0.493 e. The van der Waals surface area contributed by atoms with Crippen molar-refractivity contribution in [3.63, 3.8) is 0 Å². The molecule has 1 fully saturated rings. The highest BCUT2D eigenvalue weighted by molar-refractivity contribution is 5.77. The number of ether oxygens (including phenoxy) is 1. The summed E-state index contributed by atoms with van der Waals surface area (Å²) >= 11 is 0. The Morgan fingerprint density at radius 1 is 1.30 bits per heavy atom. The quantitative estimate of drug-likeness (QED) is 0.547. The number of likely N-dealkylation sites (tertiary alicyclic amines) is 1. The minimum absolute atomic E-state index is 0.0595. The van der Waals surface area contributed by atoms with Crippen LogP contribution in [0.1, 0.15) is 30.5 Å². The number of hydrogen-bond acceptors (Lipinski definition) is 7. The van der Waals surface area contributed by atoms with Crippen molar-refractivity contribution in [3.05, 3.63) is 35.5 Å². The van der Waals surface area contributed by atoms with E-state index in [1.165, 1.54) is 18.2 Å². The number of nitrogens with one attached hydrogen (secondary N) is 1. The molecule has 178 valence electrons. The monoisotopic (exact) mass is 463 g/mol. The Labute approximate surface area is 191 Å². The van der Waals surface area contributed by atoms with Gasteiger partial charge in [-0.2, -0.15) is 18.4 Å². The van der Waals surface area contributed by atoms with Crippen molar-refractivity contribution in [3.8, 4) is 23.1 Å². The number of aromatic nitrogens is 1. The van der Waals surface area contributed by atoms with Gasteiger partial charge in [0.2, 0.25) is 0 Å². The zero-order valence-electron chi connectivity index (χ0n) is 18.5. The molecule has 33 heavy (non-hydrogen) atoms. The molecule has 0 radical (unpaired) electrons. The molecule has 0 bridgehead atoms. The van der Waals surface area contributed by atoms with Gasteiger partial charge in [-0.1, -0.05) is 0 Å². The molecule has 0 amide bonds. The van der Waals surface area contributed by atoms with Crippen LogP contribution in [0.2, 0.25) is 0 Å². The van der Waals surface area contributed by atoms with Crippen molar-refractivity contribution >= 4 is 11.4 Å². The molecule has 2 heterocycles. The summed E-state index contributed by atoms with van der Waals surface area (Å²) in [6, 6.07) is 7.16. The molecule has 2 aromatic rings. The van der Waals surface area contributed by atoms with Gasteiger partial charge in [-0.05, 0) is 62.5 Å². The molecule has 0 unspecified atom stereocenters. The van der Waals surface area contributed by atoms with Crippen molar-refractivity contribution < 1.29 is 23.0 Å². The van der Waals surface area contributed by atoms with E-state index < -0.39 is 11.7 Å². The van der Waals surface area contributed by atoms with Crippen molar-refractivity contribution in [1.82, 2.24) is 9.88 Å². The number of halogens is 3. The summed E-state index contributed by atoms with van der Waals surface area (Å²) in [4.78, 5) is 6.29. The van der Waals surface area contributed by atoms with Gasteiger partial charge in [0.1, 0.15) is 11.8 Å². The highest BCUT2D eigenvalue weighted by Crippen LogP contribution is 2.39. The maximum Gasteiger partial charge on any atom is 0.419 e. The number of benzene rings is 1. The van der Waals surface area contributed by atoms with Crippen LogP contribution in [0.4, 0.5) is 24.5 Å². The number of β-amino-alcohol motifs (C(OH)–C–C–N with tert-alkyl or cyclic N) is 1. The van der Waals surface area contributed by atoms with Gasteiger partial charge in [0.05, 0.1) is 35.8 Å². The molecule has 0 aliphatic carbocycles. The number of nitrogens with zero attached hydrogens (tertiary/aromatic N) is 3. The number of piperidine rings is 1. The summed E-state index contributed by atoms with van der Waals surface area (Å²) in [6.07, 6.45) is -2.07. The molecule has 7 nitrogen and oxygen atoms in total. The van der Waals surface area contributed by atoms with Crippen LogP contribution in [0.15, 0.2) is 24.3 Å². The fourth-order valence-corrected chi connectivity index (χ4v) is 4.01. The maximum atomic E-state index is 13.8. The topological polar surface area (TPSA) is 107 Å². The average Bonchev–Trinajstić information content (AvgIpc) is 2.80. The number of pyridine rings is 1. The first kappa shape index (κ1) is 24.6. The van der Waals surface area contributed by atoms with Crippen LogP contribution in [-0.4, -0.2) is 54.9 Å². The second kappa shape index (κ2) is 10.7. The molecule has 10 heteroatoms. The third-order valence-corrected chi connectivity index (χ3v) is 5.92. The fourth-order valence-electron chi connectivity index (χ4n) is 4.01. The molecule has 1 aliphatic heterocycles. The highest BCUT2D eigenvalue weighted by atomic mass is 19.4. The SMILES string of the molecule is CNc1cc(-c2ccc(OCCC3CCN(CCO)CC3)c(C(F)(F)F)c2)nc(C#N)c1N. The Hall–Kier alpha value is -3.03. The number of aliphatic hydroxyl groups excluding tert-OH is 1. The lowest BCUT2D eigenvalue weighted by Crippen LogP contribution is -2.36. The van der Waals surface area contributed by atoms with Gasteiger partial charge in [0, 0.05) is 19.2 Å². The number of nitrogens with two attached hydrogens (primary N) is 1. The summed E-state index contributed by atoms with van der Waals surface area (Å²) in [7, 11) is 1.60. The third-order valence-electron chi connectivity index (χ3n) is 5.92. The second-order valence-corrected chi connectivity index (χ2v) is 8.03. The minimum atomic E-state index is -4.61. The summed E-state index contributed by atoms with van der Waals surface area (Å²) in [5, 5.41) is 21.1. The summed E-state index contributed by atoms with van der Waals surface area (Å²) in [5.74, 6) is 0.158. The van der Waals surface area contributed by atoms with Gasteiger partial charge in [0.15, 0.2) is 5.69 Å². The minimum Gasteiger partial charge on any atom is -0.493 e. The van der Waals surface area contributed by atoms with Gasteiger partial charge in [-0.15, -0.1) is 0 Å². The van der Waals surface area contributed by atoms with Crippen LogP contribution < -0.4 is 15.8 Å². The number of nitrogen functional groups attached to an aromatic ring is 1. The molecule has 3 rings (SSSR count). The molecule has 1 aromatic heterocycles. The number of anilines is 2. The molecule has 0 spiro atoms. The van der Waals surface area contributed by atoms with E-state index in [2.05, 4.69) is 15.2 Å². The first-order chi connectivity index (χ1) is 15.8. The van der Waals surface area contributed by atoms with Crippen LogP contribution in [0.25, 0.3) is 11.3 Å². The first-order valence-corrected chi connectivity index (χ1v) is 10.8. The molecule has 1 aromatic carbocycles. The lowest BCUT2D eigenvalue weighted by molar-refractivity contribution is -0.138. The van der Waals surface area contributed by atoms with Crippen LogP contribution in [-0.2, 0) is 6.18 Å². The molecule has 0 saturated carbocycles. The molecule has 1 saturated heterocycles. The Balaban J connectivity index is 1.75. The zero-order valence-corrected chi connectivity index (χ0v) is 18.5. The number of nitriles is 1.